The quantitative estimate of drug-likeness (QED) is 0.759. The smallest absolute Gasteiger partial charge is 0.227 e. The van der Waals surface area contributed by atoms with Gasteiger partial charge in [0, 0.05) is 13.0 Å². The molecule has 2 aromatic rings. The lowest BCUT2D eigenvalue weighted by Crippen LogP contribution is -2.19. The van der Waals surface area contributed by atoms with Crippen LogP contribution < -0.4 is 5.32 Å². The van der Waals surface area contributed by atoms with E-state index in [4.69, 9.17) is 4.52 Å². The predicted molar refractivity (Wildman–Crippen MR) is 70.4 cm³/mol. The van der Waals surface area contributed by atoms with Crippen LogP contribution in [0.25, 0.3) is 0 Å². The lowest BCUT2D eigenvalue weighted by atomic mass is 10.1. The monoisotopic (exact) mass is 245 g/mol. The van der Waals surface area contributed by atoms with Crippen molar-refractivity contribution < 1.29 is 4.52 Å². The molecular formula is C14H19N3O. The Hall–Kier alpha value is -1.68. The highest BCUT2D eigenvalue weighted by molar-refractivity contribution is 5.14. The van der Waals surface area contributed by atoms with Crippen LogP contribution in [0.15, 0.2) is 34.9 Å². The van der Waals surface area contributed by atoms with Gasteiger partial charge in [0.05, 0.1) is 0 Å². The van der Waals surface area contributed by atoms with E-state index in [0.717, 1.165) is 32.4 Å². The normalized spacial score (nSPS) is 10.7. The van der Waals surface area contributed by atoms with E-state index in [9.17, 15) is 0 Å². The van der Waals surface area contributed by atoms with Crippen molar-refractivity contribution in [3.63, 3.8) is 0 Å². The summed E-state index contributed by atoms with van der Waals surface area (Å²) in [4.78, 5) is 4.16. The first kappa shape index (κ1) is 12.8. The molecule has 0 saturated carbocycles. The van der Waals surface area contributed by atoms with Gasteiger partial charge in [-0.2, -0.15) is 4.98 Å². The average Bonchev–Trinajstić information content (AvgIpc) is 2.81. The number of nitrogens with one attached hydrogen (secondary N) is 1. The SMILES string of the molecule is Cc1noc(CCNCCCc2ccccc2)n1. The molecule has 96 valence electrons. The third kappa shape index (κ3) is 4.30. The Morgan fingerprint density at radius 1 is 1.11 bits per heavy atom. The Labute approximate surface area is 107 Å². The van der Waals surface area contributed by atoms with Gasteiger partial charge in [-0.1, -0.05) is 35.5 Å². The van der Waals surface area contributed by atoms with Crippen LogP contribution in [-0.4, -0.2) is 23.2 Å². The molecule has 0 radical (unpaired) electrons. The molecule has 1 aromatic heterocycles. The molecule has 0 aliphatic rings. The van der Waals surface area contributed by atoms with Crippen molar-refractivity contribution in [2.45, 2.75) is 26.2 Å². The van der Waals surface area contributed by atoms with Crippen LogP contribution in [0.2, 0.25) is 0 Å². The van der Waals surface area contributed by atoms with Crippen LogP contribution in [0.3, 0.4) is 0 Å². The number of hydrogen-bond acceptors (Lipinski definition) is 4. The summed E-state index contributed by atoms with van der Waals surface area (Å²) in [6.45, 7) is 3.73. The minimum Gasteiger partial charge on any atom is -0.339 e. The number of aromatic nitrogens is 2. The van der Waals surface area contributed by atoms with Gasteiger partial charge in [-0.25, -0.2) is 0 Å². The summed E-state index contributed by atoms with van der Waals surface area (Å²) in [6, 6.07) is 10.6. The second kappa shape index (κ2) is 6.91. The molecule has 0 fully saturated rings. The molecule has 4 heteroatoms. The number of nitrogens with zero attached hydrogens (tertiary/aromatic N) is 2. The van der Waals surface area contributed by atoms with E-state index in [0.29, 0.717) is 11.7 Å². The molecule has 0 atom stereocenters. The fraction of sp³-hybridized carbons (Fsp3) is 0.429. The van der Waals surface area contributed by atoms with Crippen LogP contribution in [0.5, 0.6) is 0 Å². The number of aryl methyl sites for hydroxylation is 2. The molecule has 0 saturated heterocycles. The Kier molecular flexibility index (Phi) is 4.90. The third-order valence-corrected chi connectivity index (χ3v) is 2.75. The molecule has 0 amide bonds. The maximum atomic E-state index is 5.04. The molecule has 0 unspecified atom stereocenters. The topological polar surface area (TPSA) is 51.0 Å². The van der Waals surface area contributed by atoms with E-state index in [1.165, 1.54) is 5.56 Å². The standard InChI is InChI=1S/C14H19N3O/c1-12-16-14(18-17-12)9-11-15-10-5-8-13-6-3-2-4-7-13/h2-4,6-7,15H,5,8-11H2,1H3. The Bertz CT molecular complexity index is 453. The number of rotatable bonds is 7. The zero-order valence-electron chi connectivity index (χ0n) is 10.7. The van der Waals surface area contributed by atoms with Crippen LogP contribution in [0, 0.1) is 6.92 Å². The molecule has 2 rings (SSSR count). The van der Waals surface area contributed by atoms with E-state index in [1.807, 2.05) is 13.0 Å². The Morgan fingerprint density at radius 2 is 1.94 bits per heavy atom. The molecular weight excluding hydrogens is 226 g/mol. The number of hydrogen-bond donors (Lipinski definition) is 1. The van der Waals surface area contributed by atoms with Crippen molar-refractivity contribution in [3.8, 4) is 0 Å². The summed E-state index contributed by atoms with van der Waals surface area (Å²) in [5.41, 5.74) is 1.40. The Balaban J connectivity index is 1.54. The van der Waals surface area contributed by atoms with Crippen LogP contribution in [0.4, 0.5) is 0 Å². The van der Waals surface area contributed by atoms with Gasteiger partial charge in [0.1, 0.15) is 0 Å². The summed E-state index contributed by atoms with van der Waals surface area (Å²) < 4.78 is 5.04. The van der Waals surface area contributed by atoms with Gasteiger partial charge in [-0.05, 0) is 31.9 Å². The summed E-state index contributed by atoms with van der Waals surface area (Å²) in [6.07, 6.45) is 3.06. The minimum atomic E-state index is 0.703. The maximum Gasteiger partial charge on any atom is 0.227 e. The maximum absolute atomic E-state index is 5.04. The van der Waals surface area contributed by atoms with Crippen molar-refractivity contribution in [3.05, 3.63) is 47.6 Å². The Morgan fingerprint density at radius 3 is 2.67 bits per heavy atom. The zero-order chi connectivity index (χ0) is 12.6. The summed E-state index contributed by atoms with van der Waals surface area (Å²) in [5.74, 6) is 1.41. The molecule has 1 aromatic carbocycles. The van der Waals surface area contributed by atoms with Gasteiger partial charge < -0.3 is 9.84 Å². The zero-order valence-corrected chi connectivity index (χ0v) is 10.7. The first-order chi connectivity index (χ1) is 8.84. The van der Waals surface area contributed by atoms with Crippen molar-refractivity contribution in [2.75, 3.05) is 13.1 Å². The van der Waals surface area contributed by atoms with Crippen molar-refractivity contribution in [2.24, 2.45) is 0 Å². The second-order valence-electron chi connectivity index (χ2n) is 4.32. The molecule has 1 N–H and O–H groups in total. The van der Waals surface area contributed by atoms with Crippen molar-refractivity contribution >= 4 is 0 Å². The first-order valence-corrected chi connectivity index (χ1v) is 6.38. The van der Waals surface area contributed by atoms with E-state index in [-0.39, 0.29) is 0 Å². The molecule has 18 heavy (non-hydrogen) atoms. The van der Waals surface area contributed by atoms with E-state index < -0.39 is 0 Å². The fourth-order valence-electron chi connectivity index (χ4n) is 1.82. The molecule has 0 bridgehead atoms. The average molecular weight is 245 g/mol. The van der Waals surface area contributed by atoms with Gasteiger partial charge in [0.25, 0.3) is 0 Å². The highest BCUT2D eigenvalue weighted by Gasteiger charge is 2.01. The van der Waals surface area contributed by atoms with Crippen LogP contribution >= 0.6 is 0 Å². The number of benzene rings is 1. The van der Waals surface area contributed by atoms with Crippen molar-refractivity contribution in [1.29, 1.82) is 0 Å². The minimum absolute atomic E-state index is 0.703. The summed E-state index contributed by atoms with van der Waals surface area (Å²) >= 11 is 0. The van der Waals surface area contributed by atoms with Crippen LogP contribution in [-0.2, 0) is 12.8 Å². The molecule has 1 heterocycles. The predicted octanol–water partition coefficient (Wildman–Crippen LogP) is 2.14. The summed E-state index contributed by atoms with van der Waals surface area (Å²) in [5, 5.41) is 7.14. The lowest BCUT2D eigenvalue weighted by molar-refractivity contribution is 0.372. The highest BCUT2D eigenvalue weighted by Crippen LogP contribution is 2.01. The lowest BCUT2D eigenvalue weighted by Gasteiger charge is -2.03. The highest BCUT2D eigenvalue weighted by atomic mass is 16.5. The van der Waals surface area contributed by atoms with E-state index in [2.05, 4.69) is 39.7 Å². The van der Waals surface area contributed by atoms with Gasteiger partial charge in [0.15, 0.2) is 5.82 Å². The molecule has 4 nitrogen and oxygen atoms in total. The van der Waals surface area contributed by atoms with Gasteiger partial charge in [0.2, 0.25) is 5.89 Å². The fourth-order valence-corrected chi connectivity index (χ4v) is 1.82. The molecule has 0 aliphatic carbocycles. The van der Waals surface area contributed by atoms with Gasteiger partial charge in [-0.3, -0.25) is 0 Å². The van der Waals surface area contributed by atoms with Gasteiger partial charge in [-0.15, -0.1) is 0 Å². The molecule has 0 aliphatic heterocycles. The first-order valence-electron chi connectivity index (χ1n) is 6.38. The van der Waals surface area contributed by atoms with Gasteiger partial charge >= 0.3 is 0 Å². The summed E-state index contributed by atoms with van der Waals surface area (Å²) in [7, 11) is 0. The largest absolute Gasteiger partial charge is 0.339 e. The van der Waals surface area contributed by atoms with Crippen LogP contribution in [0.1, 0.15) is 23.7 Å². The van der Waals surface area contributed by atoms with Crippen molar-refractivity contribution in [1.82, 2.24) is 15.5 Å². The second-order valence-corrected chi connectivity index (χ2v) is 4.32. The molecule has 0 spiro atoms. The van der Waals surface area contributed by atoms with E-state index in [1.54, 1.807) is 0 Å². The van der Waals surface area contributed by atoms with E-state index >= 15 is 0 Å². The third-order valence-electron chi connectivity index (χ3n) is 2.75.